The SMILES string of the molecule is CC(C)c1ccc(CC(=O)c2cc(Cl)sc2Cl)cc1. The lowest BCUT2D eigenvalue weighted by molar-refractivity contribution is 0.0993. The Morgan fingerprint density at radius 1 is 1.21 bits per heavy atom. The van der Waals surface area contributed by atoms with Gasteiger partial charge in [-0.2, -0.15) is 0 Å². The van der Waals surface area contributed by atoms with Crippen LogP contribution in [0.5, 0.6) is 0 Å². The molecule has 0 saturated heterocycles. The Morgan fingerprint density at radius 3 is 2.32 bits per heavy atom. The summed E-state index contributed by atoms with van der Waals surface area (Å²) in [5.74, 6) is 0.500. The highest BCUT2D eigenvalue weighted by molar-refractivity contribution is 7.20. The molecule has 0 bridgehead atoms. The van der Waals surface area contributed by atoms with Crippen LogP contribution in [0.2, 0.25) is 8.67 Å². The van der Waals surface area contributed by atoms with E-state index in [2.05, 4.69) is 26.0 Å². The smallest absolute Gasteiger partial charge is 0.169 e. The molecule has 0 aliphatic heterocycles. The molecule has 0 amide bonds. The molecular weight excluding hydrogens is 299 g/mol. The second kappa shape index (κ2) is 6.08. The van der Waals surface area contributed by atoms with Gasteiger partial charge in [0.1, 0.15) is 4.34 Å². The third-order valence-corrected chi connectivity index (χ3v) is 4.46. The van der Waals surface area contributed by atoms with Crippen molar-refractivity contribution in [2.24, 2.45) is 0 Å². The number of carbonyl (C=O) groups excluding carboxylic acids is 1. The van der Waals surface area contributed by atoms with Gasteiger partial charge in [0.15, 0.2) is 5.78 Å². The number of halogens is 2. The summed E-state index contributed by atoms with van der Waals surface area (Å²) in [6.45, 7) is 4.29. The molecule has 1 nitrogen and oxygen atoms in total. The van der Waals surface area contributed by atoms with Crippen LogP contribution in [0.3, 0.4) is 0 Å². The summed E-state index contributed by atoms with van der Waals surface area (Å²) < 4.78 is 1.01. The largest absolute Gasteiger partial charge is 0.294 e. The number of rotatable bonds is 4. The van der Waals surface area contributed by atoms with Gasteiger partial charge < -0.3 is 0 Å². The molecule has 0 atom stereocenters. The minimum Gasteiger partial charge on any atom is -0.294 e. The molecule has 2 aromatic rings. The van der Waals surface area contributed by atoms with Gasteiger partial charge in [-0.25, -0.2) is 0 Å². The highest BCUT2D eigenvalue weighted by atomic mass is 35.5. The Morgan fingerprint density at radius 2 is 1.84 bits per heavy atom. The van der Waals surface area contributed by atoms with Crippen LogP contribution in [-0.4, -0.2) is 5.78 Å². The normalized spacial score (nSPS) is 11.0. The van der Waals surface area contributed by atoms with Crippen LogP contribution in [-0.2, 0) is 6.42 Å². The molecule has 1 aromatic heterocycles. The molecule has 0 radical (unpaired) electrons. The Hall–Kier alpha value is -0.830. The van der Waals surface area contributed by atoms with Crippen LogP contribution in [0.1, 0.15) is 41.3 Å². The molecule has 100 valence electrons. The highest BCUT2D eigenvalue weighted by Gasteiger charge is 2.14. The number of hydrogen-bond acceptors (Lipinski definition) is 2. The quantitative estimate of drug-likeness (QED) is 0.671. The Kier molecular flexibility index (Phi) is 4.67. The van der Waals surface area contributed by atoms with Gasteiger partial charge in [-0.3, -0.25) is 4.79 Å². The molecule has 2 rings (SSSR count). The second-order valence-electron chi connectivity index (χ2n) is 4.73. The first-order valence-corrected chi connectivity index (χ1v) is 7.61. The molecule has 0 aliphatic carbocycles. The van der Waals surface area contributed by atoms with Gasteiger partial charge >= 0.3 is 0 Å². The van der Waals surface area contributed by atoms with Crippen LogP contribution < -0.4 is 0 Å². The number of thiophene rings is 1. The van der Waals surface area contributed by atoms with Crippen LogP contribution in [0.25, 0.3) is 0 Å². The van der Waals surface area contributed by atoms with Crippen molar-refractivity contribution in [2.45, 2.75) is 26.2 Å². The Labute approximate surface area is 127 Å². The molecular formula is C15H14Cl2OS. The molecule has 1 heterocycles. The van der Waals surface area contributed by atoms with Crippen LogP contribution >= 0.6 is 34.5 Å². The third-order valence-electron chi connectivity index (χ3n) is 2.97. The van der Waals surface area contributed by atoms with E-state index in [0.29, 0.717) is 26.6 Å². The first-order valence-electron chi connectivity index (χ1n) is 6.04. The fraction of sp³-hybridized carbons (Fsp3) is 0.267. The standard InChI is InChI=1S/C15H14Cl2OS/c1-9(2)11-5-3-10(4-6-11)7-13(18)12-8-14(16)19-15(12)17/h3-6,8-9H,7H2,1-2H3. The van der Waals surface area contributed by atoms with Gasteiger partial charge in [-0.15, -0.1) is 11.3 Å². The van der Waals surface area contributed by atoms with E-state index in [-0.39, 0.29) is 5.78 Å². The second-order valence-corrected chi connectivity index (χ2v) is 7.02. The predicted octanol–water partition coefficient (Wildman–Crippen LogP) is 5.60. The maximum absolute atomic E-state index is 12.1. The van der Waals surface area contributed by atoms with Crippen molar-refractivity contribution in [2.75, 3.05) is 0 Å². The molecule has 1 aromatic carbocycles. The Bertz CT molecular complexity index is 585. The van der Waals surface area contributed by atoms with Crippen LogP contribution in [0, 0.1) is 0 Å². The first kappa shape index (κ1) is 14.6. The van der Waals surface area contributed by atoms with Gasteiger partial charge in [-0.05, 0) is 23.1 Å². The zero-order valence-corrected chi connectivity index (χ0v) is 13.1. The van der Waals surface area contributed by atoms with Crippen molar-refractivity contribution < 1.29 is 4.79 Å². The summed E-state index contributed by atoms with van der Waals surface area (Å²) in [6, 6.07) is 9.76. The van der Waals surface area contributed by atoms with E-state index in [9.17, 15) is 4.79 Å². The fourth-order valence-corrected chi connectivity index (χ4v) is 3.33. The van der Waals surface area contributed by atoms with E-state index < -0.39 is 0 Å². The molecule has 0 spiro atoms. The maximum atomic E-state index is 12.1. The molecule has 4 heteroatoms. The van der Waals surface area contributed by atoms with Crippen molar-refractivity contribution in [3.05, 3.63) is 55.7 Å². The topological polar surface area (TPSA) is 17.1 Å². The van der Waals surface area contributed by atoms with Gasteiger partial charge in [-0.1, -0.05) is 61.3 Å². The van der Waals surface area contributed by atoms with Crippen LogP contribution in [0.4, 0.5) is 0 Å². The average Bonchev–Trinajstić information content (AvgIpc) is 2.69. The third kappa shape index (κ3) is 3.59. The van der Waals surface area contributed by atoms with E-state index in [4.69, 9.17) is 23.2 Å². The summed E-state index contributed by atoms with van der Waals surface area (Å²) >= 11 is 13.1. The molecule has 0 N–H and O–H groups in total. The summed E-state index contributed by atoms with van der Waals surface area (Å²) in [5.41, 5.74) is 2.78. The van der Waals surface area contributed by atoms with Crippen molar-refractivity contribution in [1.82, 2.24) is 0 Å². The van der Waals surface area contributed by atoms with Gasteiger partial charge in [0.2, 0.25) is 0 Å². The van der Waals surface area contributed by atoms with E-state index >= 15 is 0 Å². The molecule has 0 unspecified atom stereocenters. The number of Topliss-reactive ketones (excluding diaryl/α,β-unsaturated/α-hetero) is 1. The average molecular weight is 313 g/mol. The molecule has 0 saturated carbocycles. The summed E-state index contributed by atoms with van der Waals surface area (Å²) in [6.07, 6.45) is 0.352. The minimum absolute atomic E-state index is 0.00504. The molecule has 19 heavy (non-hydrogen) atoms. The van der Waals surface area contributed by atoms with E-state index in [1.807, 2.05) is 12.1 Å². The van der Waals surface area contributed by atoms with Crippen molar-refractivity contribution in [3.63, 3.8) is 0 Å². The number of ketones is 1. The number of hydrogen-bond donors (Lipinski definition) is 0. The minimum atomic E-state index is 0.00504. The number of benzene rings is 1. The van der Waals surface area contributed by atoms with Crippen molar-refractivity contribution in [1.29, 1.82) is 0 Å². The lowest BCUT2D eigenvalue weighted by Crippen LogP contribution is -2.02. The lowest BCUT2D eigenvalue weighted by Gasteiger charge is -2.06. The maximum Gasteiger partial charge on any atom is 0.169 e. The molecule has 0 fully saturated rings. The van der Waals surface area contributed by atoms with Gasteiger partial charge in [0.05, 0.1) is 4.34 Å². The van der Waals surface area contributed by atoms with E-state index in [1.165, 1.54) is 16.9 Å². The van der Waals surface area contributed by atoms with E-state index in [1.54, 1.807) is 6.07 Å². The number of carbonyl (C=O) groups is 1. The lowest BCUT2D eigenvalue weighted by atomic mass is 9.99. The highest BCUT2D eigenvalue weighted by Crippen LogP contribution is 2.32. The predicted molar refractivity (Wildman–Crippen MR) is 82.9 cm³/mol. The first-order chi connectivity index (χ1) is 8.97. The van der Waals surface area contributed by atoms with Gasteiger partial charge in [0, 0.05) is 12.0 Å². The van der Waals surface area contributed by atoms with Crippen LogP contribution in [0.15, 0.2) is 30.3 Å². The zero-order chi connectivity index (χ0) is 14.0. The molecule has 0 aliphatic rings. The summed E-state index contributed by atoms with van der Waals surface area (Å²) in [4.78, 5) is 12.1. The fourth-order valence-electron chi connectivity index (χ4n) is 1.83. The zero-order valence-electron chi connectivity index (χ0n) is 10.7. The Balaban J connectivity index is 2.13. The van der Waals surface area contributed by atoms with Crippen molar-refractivity contribution in [3.8, 4) is 0 Å². The van der Waals surface area contributed by atoms with E-state index in [0.717, 1.165) is 5.56 Å². The van der Waals surface area contributed by atoms with Gasteiger partial charge in [0.25, 0.3) is 0 Å². The summed E-state index contributed by atoms with van der Waals surface area (Å²) in [5, 5.41) is 0. The summed E-state index contributed by atoms with van der Waals surface area (Å²) in [7, 11) is 0. The monoisotopic (exact) mass is 312 g/mol. The van der Waals surface area contributed by atoms with Crippen molar-refractivity contribution >= 4 is 40.3 Å².